The molecule has 0 radical (unpaired) electrons. The van der Waals surface area contributed by atoms with E-state index in [-0.39, 0.29) is 30.0 Å². The number of aliphatic hydroxyl groups excluding tert-OH is 1. The minimum absolute atomic E-state index is 0.100. The second kappa shape index (κ2) is 11.2. The number of aryl methyl sites for hydroxylation is 1. The van der Waals surface area contributed by atoms with Gasteiger partial charge in [0.1, 0.15) is 0 Å². The van der Waals surface area contributed by atoms with Crippen molar-refractivity contribution in [2.24, 2.45) is 0 Å². The van der Waals surface area contributed by atoms with Crippen LogP contribution in [0.25, 0.3) is 11.1 Å². The zero-order valence-corrected chi connectivity index (χ0v) is 20.0. The van der Waals surface area contributed by atoms with E-state index in [4.69, 9.17) is 5.21 Å². The molecule has 8 nitrogen and oxygen atoms in total. The molecule has 36 heavy (non-hydrogen) atoms. The van der Waals surface area contributed by atoms with Crippen molar-refractivity contribution >= 4 is 23.4 Å². The van der Waals surface area contributed by atoms with Gasteiger partial charge in [-0.2, -0.15) is 0 Å². The number of nitrogens with one attached hydrogen (secondary N) is 2. The van der Waals surface area contributed by atoms with Crippen LogP contribution < -0.4 is 10.8 Å². The van der Waals surface area contributed by atoms with Gasteiger partial charge in [0.25, 0.3) is 17.7 Å². The lowest BCUT2D eigenvalue weighted by atomic mass is 9.98. The maximum atomic E-state index is 13.5. The van der Waals surface area contributed by atoms with Crippen molar-refractivity contribution in [3.05, 3.63) is 89.0 Å². The fourth-order valence-corrected chi connectivity index (χ4v) is 4.40. The van der Waals surface area contributed by atoms with E-state index < -0.39 is 5.91 Å². The summed E-state index contributed by atoms with van der Waals surface area (Å²) in [6, 6.07) is 18.7. The third-order valence-corrected chi connectivity index (χ3v) is 6.43. The number of rotatable bonds is 6. The first kappa shape index (κ1) is 25.1. The van der Waals surface area contributed by atoms with Crippen molar-refractivity contribution in [3.8, 4) is 11.1 Å². The van der Waals surface area contributed by atoms with Crippen LogP contribution in [-0.2, 0) is 0 Å². The number of anilines is 1. The average Bonchev–Trinajstić information content (AvgIpc) is 2.92. The molecule has 4 rings (SSSR count). The van der Waals surface area contributed by atoms with Crippen LogP contribution in [0.5, 0.6) is 0 Å². The summed E-state index contributed by atoms with van der Waals surface area (Å²) in [5.41, 5.74) is 5.66. The molecular formula is C28H29N3O5. The molecule has 1 aliphatic heterocycles. The highest BCUT2D eigenvalue weighted by molar-refractivity contribution is 6.06. The van der Waals surface area contributed by atoms with Gasteiger partial charge < -0.3 is 15.3 Å². The summed E-state index contributed by atoms with van der Waals surface area (Å²) < 4.78 is 0. The summed E-state index contributed by atoms with van der Waals surface area (Å²) in [6.07, 6.45) is 2.57. The van der Waals surface area contributed by atoms with E-state index in [0.717, 1.165) is 30.4 Å². The molecule has 0 saturated carbocycles. The van der Waals surface area contributed by atoms with Gasteiger partial charge >= 0.3 is 0 Å². The van der Waals surface area contributed by atoms with Crippen molar-refractivity contribution in [2.75, 3.05) is 18.5 Å². The van der Waals surface area contributed by atoms with Gasteiger partial charge in [-0.1, -0.05) is 29.8 Å². The molecule has 4 N–H and O–H groups in total. The van der Waals surface area contributed by atoms with E-state index >= 15 is 0 Å². The number of hydrogen-bond donors (Lipinski definition) is 4. The van der Waals surface area contributed by atoms with Crippen LogP contribution >= 0.6 is 0 Å². The maximum Gasteiger partial charge on any atom is 0.274 e. The number of likely N-dealkylation sites (tertiary alicyclic amines) is 1. The Morgan fingerprint density at radius 3 is 2.19 bits per heavy atom. The normalized spacial score (nSPS) is 15.3. The number of aliphatic hydroxyl groups is 1. The van der Waals surface area contributed by atoms with Crippen molar-refractivity contribution < 1.29 is 24.7 Å². The molecule has 0 spiro atoms. The van der Waals surface area contributed by atoms with Crippen molar-refractivity contribution in [3.63, 3.8) is 0 Å². The predicted octanol–water partition coefficient (Wildman–Crippen LogP) is 4.02. The van der Waals surface area contributed by atoms with Crippen LogP contribution in [0.3, 0.4) is 0 Å². The fourth-order valence-electron chi connectivity index (χ4n) is 4.40. The number of carbonyl (C=O) groups excluding carboxylic acids is 3. The Balaban J connectivity index is 1.70. The molecule has 0 unspecified atom stereocenters. The smallest absolute Gasteiger partial charge is 0.274 e. The van der Waals surface area contributed by atoms with Gasteiger partial charge in [-0.3, -0.25) is 19.6 Å². The Hall–Kier alpha value is -4.01. The van der Waals surface area contributed by atoms with Gasteiger partial charge in [-0.25, -0.2) is 5.48 Å². The molecule has 1 saturated heterocycles. The third-order valence-electron chi connectivity index (χ3n) is 6.43. The minimum atomic E-state index is -0.628. The highest BCUT2D eigenvalue weighted by Gasteiger charge is 2.27. The van der Waals surface area contributed by atoms with Gasteiger partial charge in [0, 0.05) is 28.9 Å². The zero-order chi connectivity index (χ0) is 25.7. The number of amides is 3. The quantitative estimate of drug-likeness (QED) is 0.309. The Morgan fingerprint density at radius 2 is 1.53 bits per heavy atom. The molecule has 0 aliphatic carbocycles. The largest absolute Gasteiger partial charge is 0.394 e. The molecule has 3 aromatic rings. The number of benzene rings is 3. The molecule has 8 heteroatoms. The highest BCUT2D eigenvalue weighted by atomic mass is 16.5. The second-order valence-electron chi connectivity index (χ2n) is 8.97. The zero-order valence-electron chi connectivity index (χ0n) is 20.0. The summed E-state index contributed by atoms with van der Waals surface area (Å²) in [5, 5.41) is 21.6. The van der Waals surface area contributed by atoms with Crippen LogP contribution in [0.15, 0.2) is 66.7 Å². The molecule has 0 bridgehead atoms. The lowest BCUT2D eigenvalue weighted by Crippen LogP contribution is -2.45. The fraction of sp³-hybridized carbons (Fsp3) is 0.250. The monoisotopic (exact) mass is 487 g/mol. The van der Waals surface area contributed by atoms with Gasteiger partial charge in [0.05, 0.1) is 12.6 Å². The average molecular weight is 488 g/mol. The molecule has 3 aromatic carbocycles. The van der Waals surface area contributed by atoms with Gasteiger partial charge in [-0.15, -0.1) is 0 Å². The summed E-state index contributed by atoms with van der Waals surface area (Å²) in [5.74, 6) is -1.14. The third kappa shape index (κ3) is 5.62. The standard InChI is InChI=1S/C28H29N3O5/c1-18-5-7-20(8-6-18)26(33)29-24-15-22(19-9-11-21(12-10-19)27(34)30-36)14-23(16-24)28(35)31-13-3-2-4-25(31)17-32/h5-12,14-16,25,32,36H,2-4,13,17H2,1H3,(H,29,33)(H,30,34)/t25-/m0/s1. The molecule has 3 amide bonds. The van der Waals surface area contributed by atoms with Gasteiger partial charge in [0.15, 0.2) is 0 Å². The summed E-state index contributed by atoms with van der Waals surface area (Å²) >= 11 is 0. The Bertz CT molecular complexity index is 1260. The Labute approximate surface area is 209 Å². The lowest BCUT2D eigenvalue weighted by molar-refractivity contribution is 0.0503. The van der Waals surface area contributed by atoms with Crippen LogP contribution in [0.2, 0.25) is 0 Å². The number of hydrogen-bond acceptors (Lipinski definition) is 5. The van der Waals surface area contributed by atoms with E-state index in [2.05, 4.69) is 5.32 Å². The van der Waals surface area contributed by atoms with Crippen LogP contribution in [-0.4, -0.2) is 52.1 Å². The van der Waals surface area contributed by atoms with E-state index in [1.165, 1.54) is 0 Å². The second-order valence-corrected chi connectivity index (χ2v) is 8.97. The van der Waals surface area contributed by atoms with Crippen molar-refractivity contribution in [1.29, 1.82) is 0 Å². The molecule has 1 atom stereocenters. The van der Waals surface area contributed by atoms with E-state index in [0.29, 0.717) is 28.9 Å². The SMILES string of the molecule is Cc1ccc(C(=O)Nc2cc(C(=O)N3CCCC[C@H]3CO)cc(-c3ccc(C(=O)NO)cc3)c2)cc1. The first-order valence-electron chi connectivity index (χ1n) is 11.9. The summed E-state index contributed by atoms with van der Waals surface area (Å²) in [4.78, 5) is 39.8. The lowest BCUT2D eigenvalue weighted by Gasteiger charge is -2.34. The Morgan fingerprint density at radius 1 is 0.861 bits per heavy atom. The number of piperidine rings is 1. The molecule has 186 valence electrons. The number of carbonyl (C=O) groups is 3. The summed E-state index contributed by atoms with van der Waals surface area (Å²) in [7, 11) is 0. The van der Waals surface area contributed by atoms with Crippen LogP contribution in [0, 0.1) is 6.92 Å². The number of nitrogens with zero attached hydrogens (tertiary/aromatic N) is 1. The number of hydroxylamine groups is 1. The molecule has 1 fully saturated rings. The van der Waals surface area contributed by atoms with Gasteiger partial charge in [-0.05, 0) is 79.8 Å². The van der Waals surface area contributed by atoms with Crippen molar-refractivity contribution in [2.45, 2.75) is 32.2 Å². The minimum Gasteiger partial charge on any atom is -0.394 e. The predicted molar refractivity (Wildman–Crippen MR) is 136 cm³/mol. The van der Waals surface area contributed by atoms with E-state index in [1.54, 1.807) is 65.0 Å². The van der Waals surface area contributed by atoms with E-state index in [1.807, 2.05) is 19.1 Å². The van der Waals surface area contributed by atoms with Crippen LogP contribution in [0.1, 0.15) is 55.9 Å². The summed E-state index contributed by atoms with van der Waals surface area (Å²) in [6.45, 7) is 2.40. The van der Waals surface area contributed by atoms with E-state index in [9.17, 15) is 19.5 Å². The van der Waals surface area contributed by atoms with Crippen LogP contribution in [0.4, 0.5) is 5.69 Å². The van der Waals surface area contributed by atoms with Crippen molar-refractivity contribution in [1.82, 2.24) is 10.4 Å². The maximum absolute atomic E-state index is 13.5. The molecular weight excluding hydrogens is 458 g/mol. The highest BCUT2D eigenvalue weighted by Crippen LogP contribution is 2.28. The first-order chi connectivity index (χ1) is 17.4. The molecule has 0 aromatic heterocycles. The van der Waals surface area contributed by atoms with Gasteiger partial charge in [0.2, 0.25) is 0 Å². The Kier molecular flexibility index (Phi) is 7.77. The first-order valence-corrected chi connectivity index (χ1v) is 11.9. The topological polar surface area (TPSA) is 119 Å². The molecule has 1 heterocycles. The molecule has 1 aliphatic rings.